The summed E-state index contributed by atoms with van der Waals surface area (Å²) in [5.41, 5.74) is 0. The van der Waals surface area contributed by atoms with Crippen LogP contribution in [0.2, 0.25) is 0 Å². The first-order valence-electron chi connectivity index (χ1n) is 6.43. The monoisotopic (exact) mass is 227 g/mol. The number of fused-ring (bicyclic) bond motifs is 3. The molecule has 2 bridgehead atoms. The Morgan fingerprint density at radius 1 is 1.25 bits per heavy atom. The summed E-state index contributed by atoms with van der Waals surface area (Å²) in [5, 5.41) is 3.59. The molecule has 4 nitrogen and oxygen atoms in total. The van der Waals surface area contributed by atoms with Gasteiger partial charge < -0.3 is 10.1 Å². The molecular formula is C12H25N3O. The van der Waals surface area contributed by atoms with E-state index in [2.05, 4.69) is 29.0 Å². The lowest BCUT2D eigenvalue weighted by atomic mass is 10.1. The van der Waals surface area contributed by atoms with E-state index >= 15 is 0 Å². The molecule has 3 saturated heterocycles. The molecule has 0 aromatic carbocycles. The first-order valence-corrected chi connectivity index (χ1v) is 6.43. The van der Waals surface area contributed by atoms with Crippen LogP contribution in [0.1, 0.15) is 13.8 Å². The number of rotatable bonds is 5. The Kier molecular flexibility index (Phi) is 4.19. The fourth-order valence-corrected chi connectivity index (χ4v) is 2.61. The summed E-state index contributed by atoms with van der Waals surface area (Å²) in [4.78, 5) is 5.20. The highest BCUT2D eigenvalue weighted by Crippen LogP contribution is 2.15. The van der Waals surface area contributed by atoms with Crippen LogP contribution in [0.3, 0.4) is 0 Å². The van der Waals surface area contributed by atoms with Crippen molar-refractivity contribution in [2.75, 3.05) is 46.4 Å². The van der Waals surface area contributed by atoms with Gasteiger partial charge in [0.1, 0.15) is 0 Å². The van der Waals surface area contributed by atoms with Crippen LogP contribution < -0.4 is 5.32 Å². The number of piperazine rings is 3. The van der Waals surface area contributed by atoms with E-state index in [9.17, 15) is 0 Å². The normalized spacial score (nSPS) is 37.3. The van der Waals surface area contributed by atoms with Crippen LogP contribution in [0.5, 0.6) is 0 Å². The topological polar surface area (TPSA) is 27.7 Å². The zero-order chi connectivity index (χ0) is 11.5. The van der Waals surface area contributed by atoms with Gasteiger partial charge in [-0.05, 0) is 13.8 Å². The van der Waals surface area contributed by atoms with Crippen LogP contribution in [0.15, 0.2) is 0 Å². The highest BCUT2D eigenvalue weighted by atomic mass is 16.5. The van der Waals surface area contributed by atoms with Crippen LogP contribution in [0.4, 0.5) is 0 Å². The van der Waals surface area contributed by atoms with Crippen molar-refractivity contribution >= 4 is 0 Å². The van der Waals surface area contributed by atoms with Crippen molar-refractivity contribution in [3.8, 4) is 0 Å². The van der Waals surface area contributed by atoms with Crippen molar-refractivity contribution in [1.82, 2.24) is 15.1 Å². The van der Waals surface area contributed by atoms with Gasteiger partial charge in [0.15, 0.2) is 0 Å². The number of nitrogens with zero attached hydrogens (tertiary/aromatic N) is 2. The van der Waals surface area contributed by atoms with Gasteiger partial charge in [0, 0.05) is 58.5 Å². The molecule has 3 fully saturated rings. The van der Waals surface area contributed by atoms with Crippen LogP contribution in [-0.4, -0.2) is 74.4 Å². The van der Waals surface area contributed by atoms with Crippen LogP contribution in [0, 0.1) is 0 Å². The second-order valence-electron chi connectivity index (χ2n) is 5.13. The Bertz CT molecular complexity index is 216. The summed E-state index contributed by atoms with van der Waals surface area (Å²) in [5.74, 6) is 0. The Balaban J connectivity index is 1.74. The van der Waals surface area contributed by atoms with Crippen molar-refractivity contribution in [3.63, 3.8) is 0 Å². The van der Waals surface area contributed by atoms with Crippen molar-refractivity contribution in [1.29, 1.82) is 0 Å². The maximum absolute atomic E-state index is 5.33. The molecular weight excluding hydrogens is 202 g/mol. The molecule has 0 aromatic heterocycles. The number of ether oxygens (including phenoxy) is 1. The van der Waals surface area contributed by atoms with Gasteiger partial charge in [-0.15, -0.1) is 0 Å². The lowest BCUT2D eigenvalue weighted by Gasteiger charge is -2.47. The van der Waals surface area contributed by atoms with Crippen molar-refractivity contribution < 1.29 is 4.74 Å². The quantitative estimate of drug-likeness (QED) is 0.715. The average molecular weight is 227 g/mol. The molecule has 3 aliphatic rings. The molecule has 0 aliphatic carbocycles. The van der Waals surface area contributed by atoms with E-state index < -0.39 is 0 Å². The summed E-state index contributed by atoms with van der Waals surface area (Å²) in [6.07, 6.45) is 0.288. The van der Waals surface area contributed by atoms with Crippen LogP contribution in [-0.2, 0) is 4.74 Å². The molecule has 1 N–H and O–H groups in total. The van der Waals surface area contributed by atoms with Gasteiger partial charge in [0.25, 0.3) is 0 Å². The molecule has 3 heterocycles. The van der Waals surface area contributed by atoms with Gasteiger partial charge in [0.2, 0.25) is 0 Å². The summed E-state index contributed by atoms with van der Waals surface area (Å²) < 4.78 is 5.33. The van der Waals surface area contributed by atoms with Crippen LogP contribution >= 0.6 is 0 Å². The summed E-state index contributed by atoms with van der Waals surface area (Å²) in [7, 11) is 1.78. The third-order valence-corrected chi connectivity index (χ3v) is 4.14. The number of hydrogen-bond donors (Lipinski definition) is 1. The third kappa shape index (κ3) is 2.74. The van der Waals surface area contributed by atoms with E-state index in [1.165, 1.54) is 32.7 Å². The van der Waals surface area contributed by atoms with Crippen molar-refractivity contribution in [2.24, 2.45) is 0 Å². The first-order chi connectivity index (χ1) is 7.70. The highest BCUT2D eigenvalue weighted by Gasteiger charge is 2.31. The molecule has 3 aliphatic heterocycles. The molecule has 4 heteroatoms. The Labute approximate surface area is 98.9 Å². The predicted octanol–water partition coefficient (Wildman–Crippen LogP) is -0.000800. The van der Waals surface area contributed by atoms with Gasteiger partial charge in [-0.3, -0.25) is 9.80 Å². The highest BCUT2D eigenvalue weighted by molar-refractivity contribution is 4.89. The van der Waals surface area contributed by atoms with Gasteiger partial charge >= 0.3 is 0 Å². The van der Waals surface area contributed by atoms with Gasteiger partial charge in [-0.25, -0.2) is 0 Å². The minimum atomic E-state index is 0.288. The van der Waals surface area contributed by atoms with E-state index in [1.54, 1.807) is 7.11 Å². The first kappa shape index (κ1) is 12.3. The Morgan fingerprint density at radius 2 is 1.94 bits per heavy atom. The molecule has 0 aromatic rings. The predicted molar refractivity (Wildman–Crippen MR) is 65.7 cm³/mol. The average Bonchev–Trinajstić information content (AvgIpc) is 2.36. The minimum Gasteiger partial charge on any atom is -0.380 e. The molecule has 3 atom stereocenters. The lowest BCUT2D eigenvalue weighted by Crippen LogP contribution is -2.63. The summed E-state index contributed by atoms with van der Waals surface area (Å²) in [6.45, 7) is 11.7. The summed E-state index contributed by atoms with van der Waals surface area (Å²) in [6, 6.07) is 1.13. The van der Waals surface area contributed by atoms with Crippen LogP contribution in [0.25, 0.3) is 0 Å². The number of hydrogen-bond acceptors (Lipinski definition) is 4. The van der Waals surface area contributed by atoms with Gasteiger partial charge in [-0.1, -0.05) is 0 Å². The number of nitrogens with one attached hydrogen (secondary N) is 1. The standard InChI is InChI=1S/C12H25N3O/c1-10(11(2)16-3)13-8-12-9-14-4-6-15(12)7-5-14/h10-13H,4-9H2,1-3H3. The molecule has 0 spiro atoms. The molecule has 3 unspecified atom stereocenters. The van der Waals surface area contributed by atoms with Crippen molar-refractivity contribution in [3.05, 3.63) is 0 Å². The maximum Gasteiger partial charge on any atom is 0.0693 e. The maximum atomic E-state index is 5.33. The second-order valence-corrected chi connectivity index (χ2v) is 5.13. The smallest absolute Gasteiger partial charge is 0.0693 e. The van der Waals surface area contributed by atoms with E-state index in [0.29, 0.717) is 12.1 Å². The minimum absolute atomic E-state index is 0.288. The molecule has 0 radical (unpaired) electrons. The SMILES string of the molecule is COC(C)C(C)NCC1CN2CCN1CC2. The van der Waals surface area contributed by atoms with E-state index in [1.807, 2.05) is 0 Å². The fourth-order valence-electron chi connectivity index (χ4n) is 2.61. The lowest BCUT2D eigenvalue weighted by molar-refractivity contribution is 0.00927. The largest absolute Gasteiger partial charge is 0.380 e. The van der Waals surface area contributed by atoms with Gasteiger partial charge in [-0.2, -0.15) is 0 Å². The molecule has 94 valence electrons. The van der Waals surface area contributed by atoms with E-state index in [4.69, 9.17) is 4.74 Å². The molecule has 3 rings (SSSR count). The molecule has 0 saturated carbocycles. The zero-order valence-electron chi connectivity index (χ0n) is 10.8. The second kappa shape index (κ2) is 5.45. The molecule has 0 amide bonds. The van der Waals surface area contributed by atoms with Crippen molar-refractivity contribution in [2.45, 2.75) is 32.0 Å². The summed E-state index contributed by atoms with van der Waals surface area (Å²) >= 11 is 0. The number of methoxy groups -OCH3 is 1. The van der Waals surface area contributed by atoms with E-state index in [0.717, 1.165) is 6.54 Å². The third-order valence-electron chi connectivity index (χ3n) is 4.14. The Hall–Kier alpha value is -0.160. The zero-order valence-corrected chi connectivity index (χ0v) is 10.8. The van der Waals surface area contributed by atoms with Gasteiger partial charge in [0.05, 0.1) is 6.10 Å². The fraction of sp³-hybridized carbons (Fsp3) is 1.00. The van der Waals surface area contributed by atoms with E-state index in [-0.39, 0.29) is 6.10 Å². The molecule has 16 heavy (non-hydrogen) atoms. The Morgan fingerprint density at radius 3 is 2.44 bits per heavy atom.